The van der Waals surface area contributed by atoms with E-state index in [4.69, 9.17) is 0 Å². The minimum absolute atomic E-state index is 0.742. The maximum absolute atomic E-state index is 11.2. The van der Waals surface area contributed by atoms with Crippen LogP contribution >= 0.6 is 8.03 Å². The Morgan fingerprint density at radius 1 is 1.00 bits per heavy atom. The lowest BCUT2D eigenvalue weighted by Gasteiger charge is -2.05. The van der Waals surface area contributed by atoms with Gasteiger partial charge >= 0.3 is 33.7 Å². The fourth-order valence-corrected chi connectivity index (χ4v) is 3.74. The zero-order valence-corrected chi connectivity index (χ0v) is 11.0. The zero-order valence-electron chi connectivity index (χ0n) is 8.52. The Balaban J connectivity index is 5.23. The molecule has 0 aliphatic carbocycles. The summed E-state index contributed by atoms with van der Waals surface area (Å²) in [5, 5.41) is -2.32. The van der Waals surface area contributed by atoms with Gasteiger partial charge in [-0.15, -0.1) is 4.52 Å². The van der Waals surface area contributed by atoms with Gasteiger partial charge in [0.25, 0.3) is 0 Å². The van der Waals surface area contributed by atoms with Gasteiger partial charge in [0.2, 0.25) is 0 Å². The van der Waals surface area contributed by atoms with Gasteiger partial charge in [0.15, 0.2) is 0 Å². The van der Waals surface area contributed by atoms with Crippen LogP contribution in [0, 0.1) is 0 Å². The van der Waals surface area contributed by atoms with E-state index in [-0.39, 0.29) is 0 Å². The van der Waals surface area contributed by atoms with Crippen molar-refractivity contribution in [3.05, 3.63) is 0 Å². The molecule has 0 bridgehead atoms. The molecule has 0 aliphatic rings. The van der Waals surface area contributed by atoms with Crippen LogP contribution in [0.5, 0.6) is 0 Å². The third-order valence-corrected chi connectivity index (χ3v) is 5.49. The smallest absolute Gasteiger partial charge is 0.268 e. The summed E-state index contributed by atoms with van der Waals surface area (Å²) in [6.07, 6.45) is 0. The standard InChI is InChI=1S/C4H10O9PS2/c1-10-14(5)4(15(6,7)11-2)13-16(8,9)12-3/h4H,1-3H3/q+1. The van der Waals surface area contributed by atoms with Gasteiger partial charge < -0.3 is 0 Å². The van der Waals surface area contributed by atoms with E-state index in [1.807, 2.05) is 0 Å². The fourth-order valence-electron chi connectivity index (χ4n) is 0.497. The molecule has 0 amide bonds. The largest absolute Gasteiger partial charge is 0.561 e. The van der Waals surface area contributed by atoms with Crippen LogP contribution in [-0.2, 0) is 42.2 Å². The fraction of sp³-hybridized carbons (Fsp3) is 1.00. The molecule has 0 spiro atoms. The summed E-state index contributed by atoms with van der Waals surface area (Å²) in [5.74, 6) is 0. The van der Waals surface area contributed by atoms with Crippen LogP contribution in [0.15, 0.2) is 0 Å². The van der Waals surface area contributed by atoms with Crippen molar-refractivity contribution in [2.45, 2.75) is 5.18 Å². The van der Waals surface area contributed by atoms with E-state index in [2.05, 4.69) is 17.1 Å². The summed E-state index contributed by atoms with van der Waals surface area (Å²) >= 11 is 0. The molecule has 0 radical (unpaired) electrons. The number of hydrogen-bond donors (Lipinski definition) is 0. The highest BCUT2D eigenvalue weighted by Gasteiger charge is 2.49. The molecule has 0 rings (SSSR count). The first-order valence-electron chi connectivity index (χ1n) is 3.49. The highest BCUT2D eigenvalue weighted by atomic mass is 32.3. The lowest BCUT2D eigenvalue weighted by atomic mass is 11.7. The van der Waals surface area contributed by atoms with Gasteiger partial charge in [0.1, 0.15) is 0 Å². The summed E-state index contributed by atoms with van der Waals surface area (Å²) in [6.45, 7) is 0. The van der Waals surface area contributed by atoms with Crippen LogP contribution in [0.3, 0.4) is 0 Å². The van der Waals surface area contributed by atoms with E-state index in [9.17, 15) is 21.4 Å². The average Bonchev–Trinajstić information content (AvgIpc) is 2.24. The monoisotopic (exact) mass is 297 g/mol. The van der Waals surface area contributed by atoms with E-state index in [1.165, 1.54) is 0 Å². The molecule has 12 heteroatoms. The lowest BCUT2D eigenvalue weighted by molar-refractivity contribution is 0.233. The molecule has 0 fully saturated rings. The Morgan fingerprint density at radius 3 is 1.81 bits per heavy atom. The van der Waals surface area contributed by atoms with Gasteiger partial charge in [-0.2, -0.15) is 21.0 Å². The van der Waals surface area contributed by atoms with Crippen molar-refractivity contribution in [1.82, 2.24) is 0 Å². The number of rotatable bonds is 7. The van der Waals surface area contributed by atoms with E-state index in [0.717, 1.165) is 21.3 Å². The predicted octanol–water partition coefficient (Wildman–Crippen LogP) is -0.457. The Kier molecular flexibility index (Phi) is 5.90. The highest BCUT2D eigenvalue weighted by molar-refractivity contribution is 7.93. The van der Waals surface area contributed by atoms with E-state index in [1.54, 1.807) is 0 Å². The third-order valence-electron chi connectivity index (χ3n) is 1.24. The van der Waals surface area contributed by atoms with Crippen molar-refractivity contribution >= 4 is 28.5 Å². The first-order chi connectivity index (χ1) is 7.20. The Labute approximate surface area is 94.0 Å². The molecule has 2 unspecified atom stereocenters. The van der Waals surface area contributed by atoms with Crippen LogP contribution in [0.25, 0.3) is 0 Å². The maximum atomic E-state index is 11.2. The van der Waals surface area contributed by atoms with E-state index >= 15 is 0 Å². The van der Waals surface area contributed by atoms with Crippen molar-refractivity contribution in [1.29, 1.82) is 0 Å². The van der Waals surface area contributed by atoms with E-state index in [0.29, 0.717) is 0 Å². The van der Waals surface area contributed by atoms with Gasteiger partial charge in [0, 0.05) is 0 Å². The minimum Gasteiger partial charge on any atom is -0.268 e. The van der Waals surface area contributed by atoms with Crippen LogP contribution in [-0.4, -0.2) is 43.3 Å². The Hall–Kier alpha value is -0.160. The van der Waals surface area contributed by atoms with Gasteiger partial charge in [-0.25, -0.2) is 0 Å². The molecular weight excluding hydrogens is 287 g/mol. The summed E-state index contributed by atoms with van der Waals surface area (Å²) in [5.41, 5.74) is 0. The molecular formula is C4H10O9PS2+. The quantitative estimate of drug-likeness (QED) is 0.453. The van der Waals surface area contributed by atoms with Crippen LogP contribution in [0.1, 0.15) is 0 Å². The molecule has 16 heavy (non-hydrogen) atoms. The Bertz CT molecular complexity index is 436. The highest BCUT2D eigenvalue weighted by Crippen LogP contribution is 2.35. The topological polar surface area (TPSA) is 122 Å². The van der Waals surface area contributed by atoms with Crippen LogP contribution < -0.4 is 0 Å². The second-order valence-corrected chi connectivity index (χ2v) is 6.95. The molecule has 0 saturated carbocycles. The number of hydrogen-bond acceptors (Lipinski definition) is 9. The van der Waals surface area contributed by atoms with Crippen molar-refractivity contribution in [3.63, 3.8) is 0 Å². The molecule has 0 aromatic heterocycles. The van der Waals surface area contributed by atoms with Gasteiger partial charge in [-0.3, -0.25) is 8.37 Å². The Morgan fingerprint density at radius 2 is 1.50 bits per heavy atom. The molecule has 0 aliphatic heterocycles. The van der Waals surface area contributed by atoms with Crippen molar-refractivity contribution in [2.75, 3.05) is 21.3 Å². The minimum atomic E-state index is -4.59. The summed E-state index contributed by atoms with van der Waals surface area (Å²) in [7, 11) is -9.63. The molecule has 0 saturated heterocycles. The van der Waals surface area contributed by atoms with E-state index < -0.39 is 33.7 Å². The lowest BCUT2D eigenvalue weighted by Crippen LogP contribution is -2.26. The molecule has 2 atom stereocenters. The SMILES string of the molecule is CO[P+](=O)C(OS(=O)(=O)OC)S(=O)(=O)OC. The molecule has 9 nitrogen and oxygen atoms in total. The molecule has 96 valence electrons. The first-order valence-corrected chi connectivity index (χ1v) is 7.54. The van der Waals surface area contributed by atoms with Gasteiger partial charge in [-0.05, 0) is 4.57 Å². The normalized spacial score (nSPS) is 15.8. The van der Waals surface area contributed by atoms with Crippen LogP contribution in [0.2, 0.25) is 0 Å². The van der Waals surface area contributed by atoms with Crippen molar-refractivity contribution < 1.29 is 38.5 Å². The second-order valence-electron chi connectivity index (χ2n) is 2.11. The second kappa shape index (κ2) is 5.96. The summed E-state index contributed by atoms with van der Waals surface area (Å²) < 4.78 is 71.2. The van der Waals surface area contributed by atoms with Crippen molar-refractivity contribution in [2.24, 2.45) is 0 Å². The predicted molar refractivity (Wildman–Crippen MR) is 51.3 cm³/mol. The molecule has 0 aromatic rings. The molecule has 0 heterocycles. The molecule has 0 aromatic carbocycles. The van der Waals surface area contributed by atoms with Crippen molar-refractivity contribution in [3.8, 4) is 0 Å². The maximum Gasteiger partial charge on any atom is 0.561 e. The summed E-state index contributed by atoms with van der Waals surface area (Å²) in [6, 6.07) is 0. The van der Waals surface area contributed by atoms with Gasteiger partial charge in [0.05, 0.1) is 21.3 Å². The summed E-state index contributed by atoms with van der Waals surface area (Å²) in [4.78, 5) is 0. The average molecular weight is 297 g/mol. The molecule has 0 N–H and O–H groups in total. The first kappa shape index (κ1) is 15.8. The van der Waals surface area contributed by atoms with Gasteiger partial charge in [-0.1, -0.05) is 0 Å². The third kappa shape index (κ3) is 4.37. The zero-order chi connectivity index (χ0) is 13.0. The van der Waals surface area contributed by atoms with Crippen LogP contribution in [0.4, 0.5) is 0 Å².